The Bertz CT molecular complexity index is 848. The maximum atomic E-state index is 5.73. The van der Waals surface area contributed by atoms with Crippen molar-refractivity contribution in [2.75, 3.05) is 70.8 Å². The second-order valence-corrected chi connectivity index (χ2v) is 7.08. The summed E-state index contributed by atoms with van der Waals surface area (Å²) in [5.41, 5.74) is 4.16. The first-order valence-corrected chi connectivity index (χ1v) is 10.5. The first kappa shape index (κ1) is 20.8. The van der Waals surface area contributed by atoms with E-state index in [0.29, 0.717) is 52.9 Å². The molecule has 1 fully saturated rings. The van der Waals surface area contributed by atoms with Crippen molar-refractivity contribution in [1.29, 1.82) is 0 Å². The number of benzene rings is 1. The highest BCUT2D eigenvalue weighted by Gasteiger charge is 2.09. The largest absolute Gasteiger partial charge is 0.377 e. The van der Waals surface area contributed by atoms with E-state index in [9.17, 15) is 0 Å². The number of hydrogen-bond acceptors (Lipinski definition) is 6. The molecular formula is C23H29N3O4. The molecule has 0 aliphatic carbocycles. The molecule has 1 aliphatic heterocycles. The van der Waals surface area contributed by atoms with Crippen molar-refractivity contribution in [2.24, 2.45) is 0 Å². The van der Waals surface area contributed by atoms with Crippen LogP contribution < -0.4 is 4.90 Å². The minimum atomic E-state index is 0.591. The molecule has 0 unspecified atom stereocenters. The van der Waals surface area contributed by atoms with Gasteiger partial charge in [0.15, 0.2) is 0 Å². The van der Waals surface area contributed by atoms with Crippen molar-refractivity contribution in [3.63, 3.8) is 0 Å². The smallest absolute Gasteiger partial charge is 0.137 e. The summed E-state index contributed by atoms with van der Waals surface area (Å²) in [5, 5.41) is 0. The lowest BCUT2D eigenvalue weighted by atomic mass is 10.1. The van der Waals surface area contributed by atoms with E-state index in [1.807, 2.05) is 28.8 Å². The number of nitrogens with zero attached hydrogens (tertiary/aromatic N) is 3. The molecule has 0 spiro atoms. The van der Waals surface area contributed by atoms with E-state index < -0.39 is 0 Å². The number of ether oxygens (including phenoxy) is 4. The number of pyridine rings is 1. The van der Waals surface area contributed by atoms with Crippen LogP contribution >= 0.6 is 0 Å². The van der Waals surface area contributed by atoms with Gasteiger partial charge in [0.05, 0.1) is 58.5 Å². The Balaban J connectivity index is 1.41. The third-order valence-electron chi connectivity index (χ3n) is 5.02. The maximum absolute atomic E-state index is 5.73. The third kappa shape index (κ3) is 5.79. The molecule has 3 aromatic rings. The Morgan fingerprint density at radius 1 is 0.667 bits per heavy atom. The van der Waals surface area contributed by atoms with Gasteiger partial charge < -0.3 is 28.2 Å². The van der Waals surface area contributed by atoms with Gasteiger partial charge in [-0.3, -0.25) is 0 Å². The van der Waals surface area contributed by atoms with Crippen molar-refractivity contribution < 1.29 is 18.9 Å². The number of hydrogen-bond donors (Lipinski definition) is 0. The summed E-state index contributed by atoms with van der Waals surface area (Å²) in [6.45, 7) is 6.45. The Kier molecular flexibility index (Phi) is 7.69. The topological polar surface area (TPSA) is 57.5 Å². The maximum Gasteiger partial charge on any atom is 0.137 e. The fourth-order valence-electron chi connectivity index (χ4n) is 3.40. The van der Waals surface area contributed by atoms with Crippen LogP contribution in [0.5, 0.6) is 0 Å². The molecule has 0 N–H and O–H groups in total. The van der Waals surface area contributed by atoms with Gasteiger partial charge in [-0.1, -0.05) is 18.2 Å². The van der Waals surface area contributed by atoms with E-state index >= 15 is 0 Å². The highest BCUT2D eigenvalue weighted by Crippen LogP contribution is 2.23. The Labute approximate surface area is 177 Å². The Hall–Kier alpha value is -2.45. The fourth-order valence-corrected chi connectivity index (χ4v) is 3.40. The molecule has 7 heteroatoms. The van der Waals surface area contributed by atoms with Crippen molar-refractivity contribution in [3.8, 4) is 11.3 Å². The predicted octanol–water partition coefficient (Wildman–Crippen LogP) is 2.89. The van der Waals surface area contributed by atoms with E-state index in [1.54, 1.807) is 0 Å². The van der Waals surface area contributed by atoms with Crippen LogP contribution in [0.4, 0.5) is 5.69 Å². The zero-order valence-electron chi connectivity index (χ0n) is 17.2. The van der Waals surface area contributed by atoms with E-state index in [0.717, 1.165) is 35.7 Å². The molecular weight excluding hydrogens is 382 g/mol. The molecule has 30 heavy (non-hydrogen) atoms. The van der Waals surface area contributed by atoms with Crippen LogP contribution in [0.2, 0.25) is 0 Å². The van der Waals surface area contributed by atoms with Gasteiger partial charge in [-0.05, 0) is 24.3 Å². The lowest BCUT2D eigenvalue weighted by Gasteiger charge is -2.25. The van der Waals surface area contributed by atoms with E-state index in [2.05, 4.69) is 35.4 Å². The predicted molar refractivity (Wildman–Crippen MR) is 116 cm³/mol. The van der Waals surface area contributed by atoms with Crippen molar-refractivity contribution in [1.82, 2.24) is 9.38 Å². The Morgan fingerprint density at radius 2 is 1.27 bits per heavy atom. The summed E-state index contributed by atoms with van der Waals surface area (Å²) in [6, 6.07) is 14.5. The molecule has 0 amide bonds. The zero-order valence-corrected chi connectivity index (χ0v) is 17.2. The van der Waals surface area contributed by atoms with Gasteiger partial charge in [0, 0.05) is 36.7 Å². The van der Waals surface area contributed by atoms with Crippen molar-refractivity contribution in [3.05, 3.63) is 54.9 Å². The van der Waals surface area contributed by atoms with E-state index in [4.69, 9.17) is 23.9 Å². The van der Waals surface area contributed by atoms with Crippen LogP contribution in [0.15, 0.2) is 54.9 Å². The molecule has 1 aliphatic rings. The van der Waals surface area contributed by atoms with E-state index in [1.165, 1.54) is 0 Å². The van der Waals surface area contributed by atoms with Crippen molar-refractivity contribution in [2.45, 2.75) is 0 Å². The Morgan fingerprint density at radius 3 is 1.87 bits per heavy atom. The minimum absolute atomic E-state index is 0.591. The van der Waals surface area contributed by atoms with Gasteiger partial charge in [-0.15, -0.1) is 0 Å². The van der Waals surface area contributed by atoms with Crippen LogP contribution in [0.3, 0.4) is 0 Å². The fraction of sp³-hybridized carbons (Fsp3) is 0.435. The SMILES string of the molecule is c1ccn2cc(-c3ccc(N4CCOCCOCCOCCOCC4)cc3)nc2c1. The number of aromatic nitrogens is 2. The first-order chi connectivity index (χ1) is 14.9. The molecule has 4 rings (SSSR count). The lowest BCUT2D eigenvalue weighted by molar-refractivity contribution is 0.00206. The number of rotatable bonds is 2. The second-order valence-electron chi connectivity index (χ2n) is 7.08. The molecule has 7 nitrogen and oxygen atoms in total. The van der Waals surface area contributed by atoms with Gasteiger partial charge in [0.1, 0.15) is 5.65 Å². The minimum Gasteiger partial charge on any atom is -0.377 e. The van der Waals surface area contributed by atoms with Crippen LogP contribution in [-0.4, -0.2) is 75.3 Å². The molecule has 1 aromatic carbocycles. The summed E-state index contributed by atoms with van der Waals surface area (Å²) in [6.07, 6.45) is 4.07. The molecule has 0 bridgehead atoms. The van der Waals surface area contributed by atoms with Crippen LogP contribution in [0, 0.1) is 0 Å². The molecule has 160 valence electrons. The van der Waals surface area contributed by atoms with Crippen molar-refractivity contribution >= 4 is 11.3 Å². The molecule has 3 heterocycles. The number of fused-ring (bicyclic) bond motifs is 1. The standard InChI is InChI=1S/C23H29N3O4/c1-2-8-26-19-22(24-23(26)3-1)20-4-6-21(7-5-20)25-9-11-27-13-15-29-17-18-30-16-14-28-12-10-25/h1-8,19H,9-18H2. The average molecular weight is 412 g/mol. The summed E-state index contributed by atoms with van der Waals surface area (Å²) < 4.78 is 24.5. The van der Waals surface area contributed by atoms with Crippen LogP contribution in [-0.2, 0) is 18.9 Å². The quantitative estimate of drug-likeness (QED) is 0.646. The van der Waals surface area contributed by atoms with Crippen LogP contribution in [0.25, 0.3) is 16.9 Å². The highest BCUT2D eigenvalue weighted by atomic mass is 16.6. The highest BCUT2D eigenvalue weighted by molar-refractivity contribution is 5.65. The number of anilines is 1. The average Bonchev–Trinajstić information content (AvgIpc) is 3.21. The normalized spacial score (nSPS) is 18.1. The second kappa shape index (κ2) is 11.1. The summed E-state index contributed by atoms with van der Waals surface area (Å²) in [7, 11) is 0. The lowest BCUT2D eigenvalue weighted by Crippen LogP contribution is -2.31. The van der Waals surface area contributed by atoms with Gasteiger partial charge in [-0.25, -0.2) is 4.98 Å². The number of imidazole rings is 1. The molecule has 2 aromatic heterocycles. The summed E-state index contributed by atoms with van der Waals surface area (Å²) >= 11 is 0. The molecule has 0 saturated carbocycles. The first-order valence-electron chi connectivity index (χ1n) is 10.5. The zero-order chi connectivity index (χ0) is 20.4. The summed E-state index contributed by atoms with van der Waals surface area (Å²) in [4.78, 5) is 6.99. The summed E-state index contributed by atoms with van der Waals surface area (Å²) in [5.74, 6) is 0. The van der Waals surface area contributed by atoms with Crippen LogP contribution in [0.1, 0.15) is 0 Å². The van der Waals surface area contributed by atoms with Gasteiger partial charge >= 0.3 is 0 Å². The van der Waals surface area contributed by atoms with Gasteiger partial charge in [0.25, 0.3) is 0 Å². The van der Waals surface area contributed by atoms with E-state index in [-0.39, 0.29) is 0 Å². The van der Waals surface area contributed by atoms with Gasteiger partial charge in [0.2, 0.25) is 0 Å². The third-order valence-corrected chi connectivity index (χ3v) is 5.02. The molecule has 0 radical (unpaired) electrons. The molecule has 1 saturated heterocycles. The molecule has 0 atom stereocenters. The van der Waals surface area contributed by atoms with Gasteiger partial charge in [-0.2, -0.15) is 0 Å². The monoisotopic (exact) mass is 411 g/mol.